The number of nitrogens with zero attached hydrogens (tertiary/aromatic N) is 1. The van der Waals surface area contributed by atoms with Crippen molar-refractivity contribution in [2.24, 2.45) is 0 Å². The van der Waals surface area contributed by atoms with Crippen molar-refractivity contribution in [1.82, 2.24) is 5.32 Å². The number of benzene rings is 2. The predicted octanol–water partition coefficient (Wildman–Crippen LogP) is 3.36. The molecular weight excluding hydrogens is 370 g/mol. The Labute approximate surface area is 168 Å². The number of fused-ring (bicyclic) bond motifs is 1. The zero-order valence-corrected chi connectivity index (χ0v) is 15.9. The summed E-state index contributed by atoms with van der Waals surface area (Å²) in [5.74, 6) is -0.190. The zero-order valence-electron chi connectivity index (χ0n) is 15.9. The SMILES string of the molecule is CCc1ccc(N2C(=O)Nc3ccccc3[C@@]2(O)C(=O)NCc2ccco2)cc1. The van der Waals surface area contributed by atoms with Crippen LogP contribution in [0, 0.1) is 0 Å². The summed E-state index contributed by atoms with van der Waals surface area (Å²) < 4.78 is 5.24. The first-order chi connectivity index (χ1) is 14.0. The van der Waals surface area contributed by atoms with Gasteiger partial charge in [-0.05, 0) is 42.3 Å². The first-order valence-corrected chi connectivity index (χ1v) is 9.36. The Balaban J connectivity index is 1.77. The molecule has 7 heteroatoms. The second-order valence-electron chi connectivity index (χ2n) is 6.77. The molecule has 3 amide bonds. The van der Waals surface area contributed by atoms with Gasteiger partial charge in [0, 0.05) is 11.3 Å². The number of carbonyl (C=O) groups is 2. The lowest BCUT2D eigenvalue weighted by molar-refractivity contribution is -0.140. The highest BCUT2D eigenvalue weighted by molar-refractivity contribution is 6.11. The van der Waals surface area contributed by atoms with E-state index in [0.29, 0.717) is 17.1 Å². The molecule has 4 rings (SSSR count). The average Bonchev–Trinajstić information content (AvgIpc) is 3.26. The summed E-state index contributed by atoms with van der Waals surface area (Å²) in [6.07, 6.45) is 2.34. The molecule has 2 aromatic carbocycles. The second-order valence-corrected chi connectivity index (χ2v) is 6.77. The number of hydrogen-bond donors (Lipinski definition) is 3. The van der Waals surface area contributed by atoms with E-state index in [4.69, 9.17) is 4.42 Å². The van der Waals surface area contributed by atoms with Crippen LogP contribution in [0.4, 0.5) is 16.2 Å². The van der Waals surface area contributed by atoms with Crippen molar-refractivity contribution in [3.05, 3.63) is 83.8 Å². The van der Waals surface area contributed by atoms with Gasteiger partial charge in [0.1, 0.15) is 5.76 Å². The molecule has 0 fully saturated rings. The van der Waals surface area contributed by atoms with E-state index >= 15 is 0 Å². The van der Waals surface area contributed by atoms with Gasteiger partial charge in [-0.1, -0.05) is 37.3 Å². The highest BCUT2D eigenvalue weighted by Crippen LogP contribution is 2.39. The quantitative estimate of drug-likeness (QED) is 0.622. The van der Waals surface area contributed by atoms with Crippen LogP contribution in [0.3, 0.4) is 0 Å². The number of anilines is 2. The van der Waals surface area contributed by atoms with Gasteiger partial charge in [0.2, 0.25) is 0 Å². The topological polar surface area (TPSA) is 94.8 Å². The number of aryl methyl sites for hydroxylation is 1. The number of aliphatic hydroxyl groups is 1. The molecule has 0 saturated carbocycles. The summed E-state index contributed by atoms with van der Waals surface area (Å²) >= 11 is 0. The van der Waals surface area contributed by atoms with Gasteiger partial charge in [0.15, 0.2) is 0 Å². The molecule has 1 aliphatic rings. The molecule has 0 radical (unpaired) electrons. The van der Waals surface area contributed by atoms with E-state index in [1.807, 2.05) is 19.1 Å². The van der Waals surface area contributed by atoms with Gasteiger partial charge in [-0.15, -0.1) is 0 Å². The van der Waals surface area contributed by atoms with Crippen molar-refractivity contribution in [1.29, 1.82) is 0 Å². The van der Waals surface area contributed by atoms with Crippen molar-refractivity contribution in [2.45, 2.75) is 25.6 Å². The van der Waals surface area contributed by atoms with Crippen LogP contribution < -0.4 is 15.5 Å². The predicted molar refractivity (Wildman–Crippen MR) is 108 cm³/mol. The standard InChI is InChI=1S/C22H21N3O4/c1-2-15-9-11-16(12-10-15)25-21(27)24-19-8-4-3-7-18(19)22(25,28)20(26)23-14-17-6-5-13-29-17/h3-13,28H,2,14H2,1H3,(H,23,26)(H,24,27)/t22-/m1/s1. The summed E-state index contributed by atoms with van der Waals surface area (Å²) in [6.45, 7) is 2.11. The molecule has 1 aromatic heterocycles. The minimum Gasteiger partial charge on any atom is -0.467 e. The first-order valence-electron chi connectivity index (χ1n) is 9.36. The van der Waals surface area contributed by atoms with Crippen molar-refractivity contribution in [3.8, 4) is 0 Å². The average molecular weight is 391 g/mol. The molecule has 3 N–H and O–H groups in total. The third-order valence-electron chi connectivity index (χ3n) is 4.99. The summed E-state index contributed by atoms with van der Waals surface area (Å²) in [6, 6.07) is 16.7. The number of nitrogens with one attached hydrogen (secondary N) is 2. The Morgan fingerprint density at radius 1 is 1.14 bits per heavy atom. The van der Waals surface area contributed by atoms with Gasteiger partial charge in [-0.25, -0.2) is 4.79 Å². The van der Waals surface area contributed by atoms with E-state index in [2.05, 4.69) is 10.6 Å². The smallest absolute Gasteiger partial charge is 0.329 e. The number of para-hydroxylation sites is 1. The number of urea groups is 1. The maximum absolute atomic E-state index is 13.2. The Hall–Kier alpha value is -3.58. The minimum atomic E-state index is -2.22. The maximum atomic E-state index is 13.2. The molecule has 0 aliphatic carbocycles. The van der Waals surface area contributed by atoms with Crippen LogP contribution in [0.15, 0.2) is 71.3 Å². The fourth-order valence-electron chi connectivity index (χ4n) is 3.45. The Bertz CT molecular complexity index is 1030. The third kappa shape index (κ3) is 3.25. The highest BCUT2D eigenvalue weighted by atomic mass is 16.3. The van der Waals surface area contributed by atoms with Crippen LogP contribution in [0.5, 0.6) is 0 Å². The van der Waals surface area contributed by atoms with Crippen molar-refractivity contribution >= 4 is 23.3 Å². The lowest BCUT2D eigenvalue weighted by Crippen LogP contribution is -2.62. The number of amides is 3. The van der Waals surface area contributed by atoms with Gasteiger partial charge in [0.05, 0.1) is 18.5 Å². The summed E-state index contributed by atoms with van der Waals surface area (Å²) in [5.41, 5.74) is -0.0629. The van der Waals surface area contributed by atoms with Gasteiger partial charge in [0.25, 0.3) is 11.6 Å². The fraction of sp³-hybridized carbons (Fsp3) is 0.182. The van der Waals surface area contributed by atoms with Crippen LogP contribution in [-0.2, 0) is 23.5 Å². The molecule has 1 aliphatic heterocycles. The summed E-state index contributed by atoms with van der Waals surface area (Å²) in [5, 5.41) is 17.1. The van der Waals surface area contributed by atoms with Crippen molar-refractivity contribution in [3.63, 3.8) is 0 Å². The normalized spacial score (nSPS) is 18.1. The zero-order chi connectivity index (χ0) is 20.4. The molecule has 3 aromatic rings. The minimum absolute atomic E-state index is 0.0839. The van der Waals surface area contributed by atoms with Gasteiger partial charge in [-0.2, -0.15) is 0 Å². The monoisotopic (exact) mass is 391 g/mol. The number of hydrogen-bond acceptors (Lipinski definition) is 4. The van der Waals surface area contributed by atoms with Crippen molar-refractivity contribution in [2.75, 3.05) is 10.2 Å². The fourth-order valence-corrected chi connectivity index (χ4v) is 3.45. The van der Waals surface area contributed by atoms with Gasteiger partial charge < -0.3 is 20.2 Å². The van der Waals surface area contributed by atoms with Gasteiger partial charge >= 0.3 is 6.03 Å². The largest absolute Gasteiger partial charge is 0.467 e. The number of rotatable bonds is 5. The van der Waals surface area contributed by atoms with E-state index < -0.39 is 17.7 Å². The number of furan rings is 1. The van der Waals surface area contributed by atoms with Gasteiger partial charge in [-0.3, -0.25) is 9.69 Å². The summed E-state index contributed by atoms with van der Waals surface area (Å²) in [4.78, 5) is 27.2. The first kappa shape index (κ1) is 18.8. The van der Waals surface area contributed by atoms with Crippen LogP contribution in [-0.4, -0.2) is 17.0 Å². The highest BCUT2D eigenvalue weighted by Gasteiger charge is 2.51. The van der Waals surface area contributed by atoms with Crippen LogP contribution in [0.1, 0.15) is 23.8 Å². The molecule has 1 atom stereocenters. The molecule has 29 heavy (non-hydrogen) atoms. The molecule has 148 valence electrons. The van der Waals surface area contributed by atoms with Crippen LogP contribution in [0.25, 0.3) is 0 Å². The van der Waals surface area contributed by atoms with E-state index in [0.717, 1.165) is 16.9 Å². The Morgan fingerprint density at radius 3 is 2.59 bits per heavy atom. The van der Waals surface area contributed by atoms with E-state index in [-0.39, 0.29) is 12.1 Å². The van der Waals surface area contributed by atoms with Crippen LogP contribution >= 0.6 is 0 Å². The molecule has 0 unspecified atom stereocenters. The van der Waals surface area contributed by atoms with E-state index in [9.17, 15) is 14.7 Å². The molecule has 0 spiro atoms. The Morgan fingerprint density at radius 2 is 1.90 bits per heavy atom. The van der Waals surface area contributed by atoms with Crippen molar-refractivity contribution < 1.29 is 19.1 Å². The lowest BCUT2D eigenvalue weighted by atomic mass is 9.94. The molecular formula is C22H21N3O4. The molecule has 0 bridgehead atoms. The lowest BCUT2D eigenvalue weighted by Gasteiger charge is -2.42. The maximum Gasteiger partial charge on any atom is 0.329 e. The molecule has 0 saturated heterocycles. The molecule has 2 heterocycles. The second kappa shape index (κ2) is 7.44. The Kier molecular flexibility index (Phi) is 4.82. The summed E-state index contributed by atoms with van der Waals surface area (Å²) in [7, 11) is 0. The number of carbonyl (C=O) groups excluding carboxylic acids is 2. The van der Waals surface area contributed by atoms with E-state index in [1.165, 1.54) is 6.26 Å². The third-order valence-corrected chi connectivity index (χ3v) is 4.99. The van der Waals surface area contributed by atoms with E-state index in [1.54, 1.807) is 48.5 Å². The molecule has 7 nitrogen and oxygen atoms in total. The van der Waals surface area contributed by atoms with Crippen LogP contribution in [0.2, 0.25) is 0 Å².